The molecular weight excluding hydrogens is 271 g/mol. The minimum Gasteiger partial charge on any atom is -0.481 e. The van der Waals surface area contributed by atoms with Gasteiger partial charge in [0.05, 0.1) is 15.9 Å². The Morgan fingerprint density at radius 2 is 2.12 bits per heavy atom. The molecule has 1 atom stereocenters. The number of hydrogen-bond acceptors (Lipinski definition) is 3. The van der Waals surface area contributed by atoms with Gasteiger partial charge in [-0.15, -0.1) is 11.3 Å². The highest BCUT2D eigenvalue weighted by Gasteiger charge is 2.31. The van der Waals surface area contributed by atoms with Crippen molar-refractivity contribution in [3.8, 4) is 0 Å². The highest BCUT2D eigenvalue weighted by Crippen LogP contribution is 2.39. The zero-order valence-electron chi connectivity index (χ0n) is 8.83. The first-order chi connectivity index (χ1) is 7.24. The standard InChI is InChI=1S/C10H12Cl2O3S/c1-10(2,9(14)15)4-6(13)5-3-7(11)16-8(5)12/h3,6,13H,4H2,1-2H3,(H,14,15). The van der Waals surface area contributed by atoms with Crippen molar-refractivity contribution in [1.82, 2.24) is 0 Å². The lowest BCUT2D eigenvalue weighted by atomic mass is 9.85. The third kappa shape index (κ3) is 3.10. The number of carboxylic acid groups (broad SMARTS) is 1. The maximum absolute atomic E-state index is 10.9. The van der Waals surface area contributed by atoms with Crippen LogP contribution in [0.25, 0.3) is 0 Å². The Labute approximate surface area is 108 Å². The number of carbonyl (C=O) groups is 1. The van der Waals surface area contributed by atoms with Gasteiger partial charge in [0.25, 0.3) is 0 Å². The van der Waals surface area contributed by atoms with Crippen LogP contribution < -0.4 is 0 Å². The zero-order valence-corrected chi connectivity index (χ0v) is 11.2. The molecule has 1 aromatic rings. The van der Waals surface area contributed by atoms with Crippen LogP contribution in [-0.4, -0.2) is 16.2 Å². The molecule has 0 aliphatic heterocycles. The maximum Gasteiger partial charge on any atom is 0.309 e. The van der Waals surface area contributed by atoms with Crippen LogP contribution in [0.5, 0.6) is 0 Å². The van der Waals surface area contributed by atoms with Crippen LogP contribution in [0.15, 0.2) is 6.07 Å². The van der Waals surface area contributed by atoms with E-state index in [0.717, 1.165) is 11.3 Å². The summed E-state index contributed by atoms with van der Waals surface area (Å²) in [5, 5.41) is 18.8. The number of aliphatic carboxylic acids is 1. The van der Waals surface area contributed by atoms with Crippen LogP contribution in [0.3, 0.4) is 0 Å². The highest BCUT2D eigenvalue weighted by atomic mass is 35.5. The largest absolute Gasteiger partial charge is 0.481 e. The minimum absolute atomic E-state index is 0.0924. The molecule has 0 fully saturated rings. The van der Waals surface area contributed by atoms with Crippen LogP contribution in [-0.2, 0) is 4.79 Å². The molecule has 0 aliphatic rings. The third-order valence-electron chi connectivity index (χ3n) is 2.32. The van der Waals surface area contributed by atoms with E-state index in [9.17, 15) is 9.90 Å². The predicted molar refractivity (Wildman–Crippen MR) is 65.3 cm³/mol. The molecule has 2 N–H and O–H groups in total. The lowest BCUT2D eigenvalue weighted by Gasteiger charge is -2.22. The Balaban J connectivity index is 2.84. The van der Waals surface area contributed by atoms with E-state index in [1.165, 1.54) is 0 Å². The quantitative estimate of drug-likeness (QED) is 0.887. The summed E-state index contributed by atoms with van der Waals surface area (Å²) in [6.45, 7) is 3.11. The number of rotatable bonds is 4. The predicted octanol–water partition coefficient (Wildman–Crippen LogP) is 3.59. The van der Waals surface area contributed by atoms with Crippen LogP contribution in [0.2, 0.25) is 8.67 Å². The molecule has 0 amide bonds. The van der Waals surface area contributed by atoms with Crippen LogP contribution in [0.1, 0.15) is 31.9 Å². The fourth-order valence-corrected chi connectivity index (χ4v) is 2.83. The Kier molecular flexibility index (Phi) is 4.23. The van der Waals surface area contributed by atoms with Crippen molar-refractivity contribution >= 4 is 40.5 Å². The summed E-state index contributed by atoms with van der Waals surface area (Å²) in [6.07, 6.45) is -0.822. The number of halogens is 2. The van der Waals surface area contributed by atoms with Gasteiger partial charge in [0, 0.05) is 5.56 Å². The molecule has 0 spiro atoms. The lowest BCUT2D eigenvalue weighted by molar-refractivity contribution is -0.148. The molecular formula is C10H12Cl2O3S. The summed E-state index contributed by atoms with van der Waals surface area (Å²) >= 11 is 12.8. The molecule has 1 heterocycles. The van der Waals surface area contributed by atoms with Gasteiger partial charge < -0.3 is 10.2 Å². The Morgan fingerprint density at radius 1 is 1.56 bits per heavy atom. The molecule has 16 heavy (non-hydrogen) atoms. The molecule has 1 unspecified atom stereocenters. The fourth-order valence-electron chi connectivity index (χ4n) is 1.26. The molecule has 90 valence electrons. The number of thiophene rings is 1. The topological polar surface area (TPSA) is 57.5 Å². The summed E-state index contributed by atoms with van der Waals surface area (Å²) in [7, 11) is 0. The first-order valence-corrected chi connectivity index (χ1v) is 6.17. The SMILES string of the molecule is CC(C)(CC(O)c1cc(Cl)sc1Cl)C(=O)O. The van der Waals surface area contributed by atoms with Gasteiger partial charge in [0.2, 0.25) is 0 Å². The molecule has 6 heteroatoms. The first kappa shape index (κ1) is 13.8. The zero-order chi connectivity index (χ0) is 12.5. The van der Waals surface area contributed by atoms with Crippen LogP contribution >= 0.6 is 34.5 Å². The van der Waals surface area contributed by atoms with E-state index in [1.807, 2.05) is 0 Å². The van der Waals surface area contributed by atoms with E-state index >= 15 is 0 Å². The van der Waals surface area contributed by atoms with Crippen molar-refractivity contribution in [2.45, 2.75) is 26.4 Å². The normalized spacial score (nSPS) is 13.8. The summed E-state index contributed by atoms with van der Waals surface area (Å²) in [4.78, 5) is 10.9. The molecule has 0 saturated heterocycles. The summed E-state index contributed by atoms with van der Waals surface area (Å²) in [5.74, 6) is -0.955. The van der Waals surface area contributed by atoms with E-state index < -0.39 is 17.5 Å². The maximum atomic E-state index is 10.9. The number of carboxylic acids is 1. The van der Waals surface area contributed by atoms with Crippen molar-refractivity contribution in [1.29, 1.82) is 0 Å². The van der Waals surface area contributed by atoms with E-state index in [2.05, 4.69) is 0 Å². The number of aliphatic hydroxyl groups excluding tert-OH is 1. The second-order valence-corrected chi connectivity index (χ2v) is 6.47. The van der Waals surface area contributed by atoms with Gasteiger partial charge in [0.15, 0.2) is 0 Å². The van der Waals surface area contributed by atoms with Gasteiger partial charge in [-0.25, -0.2) is 0 Å². The third-order valence-corrected chi connectivity index (χ3v) is 3.84. The van der Waals surface area contributed by atoms with E-state index in [0.29, 0.717) is 14.2 Å². The second-order valence-electron chi connectivity index (χ2n) is 4.19. The Hall–Kier alpha value is -0.290. The first-order valence-electron chi connectivity index (χ1n) is 4.60. The highest BCUT2D eigenvalue weighted by molar-refractivity contribution is 7.20. The molecule has 1 rings (SSSR count). The average Bonchev–Trinajstić information content (AvgIpc) is 2.44. The summed E-state index contributed by atoms with van der Waals surface area (Å²) in [6, 6.07) is 1.57. The van der Waals surface area contributed by atoms with E-state index in [4.69, 9.17) is 28.3 Å². The van der Waals surface area contributed by atoms with Crippen LogP contribution in [0, 0.1) is 5.41 Å². The second kappa shape index (κ2) is 4.92. The Morgan fingerprint density at radius 3 is 2.50 bits per heavy atom. The van der Waals surface area contributed by atoms with Crippen molar-refractivity contribution in [3.63, 3.8) is 0 Å². The smallest absolute Gasteiger partial charge is 0.309 e. The molecule has 3 nitrogen and oxygen atoms in total. The molecule has 1 aromatic heterocycles. The van der Waals surface area contributed by atoms with Crippen molar-refractivity contribution in [3.05, 3.63) is 20.3 Å². The van der Waals surface area contributed by atoms with Crippen molar-refractivity contribution in [2.24, 2.45) is 5.41 Å². The van der Waals surface area contributed by atoms with Crippen LogP contribution in [0.4, 0.5) is 0 Å². The number of aliphatic hydroxyl groups is 1. The van der Waals surface area contributed by atoms with Crippen molar-refractivity contribution < 1.29 is 15.0 Å². The molecule has 0 bridgehead atoms. The Bertz CT molecular complexity index is 401. The van der Waals surface area contributed by atoms with Gasteiger partial charge in [-0.3, -0.25) is 4.79 Å². The van der Waals surface area contributed by atoms with Gasteiger partial charge in [-0.1, -0.05) is 23.2 Å². The molecule has 0 radical (unpaired) electrons. The average molecular weight is 283 g/mol. The monoisotopic (exact) mass is 282 g/mol. The fraction of sp³-hybridized carbons (Fsp3) is 0.500. The summed E-state index contributed by atoms with van der Waals surface area (Å²) < 4.78 is 0.880. The molecule has 0 aliphatic carbocycles. The van der Waals surface area contributed by atoms with Gasteiger partial charge >= 0.3 is 5.97 Å². The van der Waals surface area contributed by atoms with E-state index in [1.54, 1.807) is 19.9 Å². The van der Waals surface area contributed by atoms with Gasteiger partial charge in [-0.05, 0) is 26.3 Å². The van der Waals surface area contributed by atoms with E-state index in [-0.39, 0.29) is 6.42 Å². The van der Waals surface area contributed by atoms with Gasteiger partial charge in [-0.2, -0.15) is 0 Å². The molecule has 0 saturated carbocycles. The van der Waals surface area contributed by atoms with Gasteiger partial charge in [0.1, 0.15) is 4.34 Å². The van der Waals surface area contributed by atoms with Crippen molar-refractivity contribution in [2.75, 3.05) is 0 Å². The minimum atomic E-state index is -1.00. The lowest BCUT2D eigenvalue weighted by Crippen LogP contribution is -2.26. The number of hydrogen-bond donors (Lipinski definition) is 2. The summed E-state index contributed by atoms with van der Waals surface area (Å²) in [5.41, 5.74) is -0.511. The molecule has 0 aromatic carbocycles.